The van der Waals surface area contributed by atoms with Crippen LogP contribution in [0.2, 0.25) is 0 Å². The van der Waals surface area contributed by atoms with E-state index < -0.39 is 0 Å². The van der Waals surface area contributed by atoms with Crippen LogP contribution in [0.4, 0.5) is 0 Å². The third-order valence-corrected chi connectivity index (χ3v) is 4.09. The van der Waals surface area contributed by atoms with Gasteiger partial charge in [-0.15, -0.1) is 0 Å². The smallest absolute Gasteiger partial charge is 0.261 e. The van der Waals surface area contributed by atoms with Gasteiger partial charge in [-0.05, 0) is 38.7 Å². The van der Waals surface area contributed by atoms with Gasteiger partial charge in [-0.1, -0.05) is 15.9 Å². The average Bonchev–Trinajstić information content (AvgIpc) is 2.71. The summed E-state index contributed by atoms with van der Waals surface area (Å²) in [4.78, 5) is 39.4. The van der Waals surface area contributed by atoms with E-state index in [0.717, 1.165) is 11.0 Å². The first-order valence-electron chi connectivity index (χ1n) is 7.47. The number of hydrogen-bond donors (Lipinski definition) is 1. The van der Waals surface area contributed by atoms with E-state index in [1.54, 1.807) is 18.2 Å². The first-order chi connectivity index (χ1) is 10.9. The van der Waals surface area contributed by atoms with Crippen molar-refractivity contribution in [2.75, 3.05) is 33.7 Å². The van der Waals surface area contributed by atoms with Gasteiger partial charge in [-0.2, -0.15) is 0 Å². The van der Waals surface area contributed by atoms with Crippen molar-refractivity contribution in [1.29, 1.82) is 0 Å². The Kier molecular flexibility index (Phi) is 5.90. The van der Waals surface area contributed by atoms with E-state index in [1.165, 1.54) is 4.90 Å². The minimum atomic E-state index is -0.292. The Morgan fingerprint density at radius 3 is 2.61 bits per heavy atom. The number of carbonyl (C=O) groups excluding carboxylic acids is 3. The van der Waals surface area contributed by atoms with Gasteiger partial charge in [-0.3, -0.25) is 19.3 Å². The highest BCUT2D eigenvalue weighted by Gasteiger charge is 2.35. The Morgan fingerprint density at radius 1 is 1.22 bits per heavy atom. The number of hydrogen-bond acceptors (Lipinski definition) is 4. The monoisotopic (exact) mass is 381 g/mol. The average molecular weight is 382 g/mol. The van der Waals surface area contributed by atoms with E-state index in [1.807, 2.05) is 19.0 Å². The number of nitrogens with one attached hydrogen (secondary N) is 1. The zero-order valence-corrected chi connectivity index (χ0v) is 14.9. The highest BCUT2D eigenvalue weighted by atomic mass is 79.9. The fourth-order valence-corrected chi connectivity index (χ4v) is 2.73. The number of rotatable bonds is 7. The SMILES string of the molecule is CN(C)CCNC(=O)CCCN1C(=O)c2ccc(Br)cc2C1=O. The summed E-state index contributed by atoms with van der Waals surface area (Å²) in [5.41, 5.74) is 0.841. The summed E-state index contributed by atoms with van der Waals surface area (Å²) in [6, 6.07) is 5.04. The van der Waals surface area contributed by atoms with Crippen molar-refractivity contribution in [2.45, 2.75) is 12.8 Å². The zero-order chi connectivity index (χ0) is 17.0. The molecule has 0 fully saturated rings. The molecule has 1 aromatic carbocycles. The summed E-state index contributed by atoms with van der Waals surface area (Å²) < 4.78 is 0.763. The molecular formula is C16H20BrN3O3. The lowest BCUT2D eigenvalue weighted by atomic mass is 10.1. The van der Waals surface area contributed by atoms with E-state index in [9.17, 15) is 14.4 Å². The molecule has 1 aliphatic rings. The van der Waals surface area contributed by atoms with Crippen LogP contribution in [-0.2, 0) is 4.79 Å². The number of carbonyl (C=O) groups is 3. The summed E-state index contributed by atoms with van der Waals surface area (Å²) in [6.07, 6.45) is 0.755. The number of halogens is 1. The molecule has 0 saturated carbocycles. The normalized spacial score (nSPS) is 13.7. The summed E-state index contributed by atoms with van der Waals surface area (Å²) in [5, 5.41) is 2.81. The van der Waals surface area contributed by atoms with Gasteiger partial charge in [0.25, 0.3) is 11.8 Å². The Balaban J connectivity index is 1.82. The topological polar surface area (TPSA) is 69.7 Å². The Hall–Kier alpha value is -1.73. The lowest BCUT2D eigenvalue weighted by molar-refractivity contribution is -0.121. The number of fused-ring (bicyclic) bond motifs is 1. The van der Waals surface area contributed by atoms with Crippen LogP contribution >= 0.6 is 15.9 Å². The van der Waals surface area contributed by atoms with E-state index in [-0.39, 0.29) is 24.3 Å². The first-order valence-corrected chi connectivity index (χ1v) is 8.26. The standard InChI is InChI=1S/C16H20BrN3O3/c1-19(2)9-7-18-14(21)4-3-8-20-15(22)12-6-5-11(17)10-13(12)16(20)23/h5-6,10H,3-4,7-9H2,1-2H3,(H,18,21). The Labute approximate surface area is 143 Å². The van der Waals surface area contributed by atoms with E-state index in [0.29, 0.717) is 30.5 Å². The van der Waals surface area contributed by atoms with Crippen LogP contribution in [-0.4, -0.2) is 61.3 Å². The largest absolute Gasteiger partial charge is 0.355 e. The lowest BCUT2D eigenvalue weighted by Crippen LogP contribution is -2.33. The van der Waals surface area contributed by atoms with Crippen molar-refractivity contribution in [3.8, 4) is 0 Å². The quantitative estimate of drug-likeness (QED) is 0.726. The molecular weight excluding hydrogens is 362 g/mol. The molecule has 0 aromatic heterocycles. The molecule has 0 spiro atoms. The lowest BCUT2D eigenvalue weighted by Gasteiger charge is -2.14. The van der Waals surface area contributed by atoms with Crippen LogP contribution in [0.3, 0.4) is 0 Å². The molecule has 0 radical (unpaired) electrons. The van der Waals surface area contributed by atoms with Gasteiger partial charge in [0.15, 0.2) is 0 Å². The van der Waals surface area contributed by atoms with Crippen molar-refractivity contribution in [3.05, 3.63) is 33.8 Å². The van der Waals surface area contributed by atoms with Crippen LogP contribution in [0, 0.1) is 0 Å². The second-order valence-electron chi connectivity index (χ2n) is 5.71. The molecule has 124 valence electrons. The molecule has 0 saturated heterocycles. The van der Waals surface area contributed by atoms with Crippen molar-refractivity contribution in [1.82, 2.24) is 15.1 Å². The minimum Gasteiger partial charge on any atom is -0.355 e. The van der Waals surface area contributed by atoms with Gasteiger partial charge in [0, 0.05) is 30.5 Å². The van der Waals surface area contributed by atoms with Crippen molar-refractivity contribution >= 4 is 33.7 Å². The van der Waals surface area contributed by atoms with Crippen LogP contribution < -0.4 is 5.32 Å². The second kappa shape index (κ2) is 7.70. The highest BCUT2D eigenvalue weighted by Crippen LogP contribution is 2.26. The summed E-state index contributed by atoms with van der Waals surface area (Å²) in [6.45, 7) is 1.62. The molecule has 1 heterocycles. The number of amides is 3. The third-order valence-electron chi connectivity index (χ3n) is 3.60. The molecule has 0 bridgehead atoms. The maximum Gasteiger partial charge on any atom is 0.261 e. The molecule has 1 aliphatic heterocycles. The van der Waals surface area contributed by atoms with Crippen LogP contribution in [0.25, 0.3) is 0 Å². The Bertz CT molecular complexity index is 631. The van der Waals surface area contributed by atoms with Gasteiger partial charge < -0.3 is 10.2 Å². The van der Waals surface area contributed by atoms with Gasteiger partial charge in [0.2, 0.25) is 5.91 Å². The molecule has 2 rings (SSSR count). The minimum absolute atomic E-state index is 0.0637. The predicted octanol–water partition coefficient (Wildman–Crippen LogP) is 1.50. The fraction of sp³-hybridized carbons (Fsp3) is 0.438. The molecule has 3 amide bonds. The summed E-state index contributed by atoms with van der Waals surface area (Å²) in [5.74, 6) is -0.643. The molecule has 0 unspecified atom stereocenters. The molecule has 7 heteroatoms. The van der Waals surface area contributed by atoms with Crippen LogP contribution in [0.5, 0.6) is 0 Å². The molecule has 6 nitrogen and oxygen atoms in total. The van der Waals surface area contributed by atoms with Gasteiger partial charge in [-0.25, -0.2) is 0 Å². The maximum atomic E-state index is 12.3. The number of benzene rings is 1. The number of nitrogens with zero attached hydrogens (tertiary/aromatic N) is 2. The van der Waals surface area contributed by atoms with E-state index in [2.05, 4.69) is 21.2 Å². The van der Waals surface area contributed by atoms with Crippen LogP contribution in [0.15, 0.2) is 22.7 Å². The third kappa shape index (κ3) is 4.39. The summed E-state index contributed by atoms with van der Waals surface area (Å²) >= 11 is 3.30. The number of likely N-dealkylation sites (N-methyl/N-ethyl adjacent to an activating group) is 1. The number of imide groups is 1. The molecule has 0 atom stereocenters. The first kappa shape index (κ1) is 17.6. The molecule has 0 aliphatic carbocycles. The van der Waals surface area contributed by atoms with Crippen molar-refractivity contribution in [3.63, 3.8) is 0 Å². The zero-order valence-electron chi connectivity index (χ0n) is 13.3. The molecule has 1 N–H and O–H groups in total. The maximum absolute atomic E-state index is 12.3. The van der Waals surface area contributed by atoms with Gasteiger partial charge in [0.1, 0.15) is 0 Å². The van der Waals surface area contributed by atoms with Crippen molar-refractivity contribution in [2.24, 2.45) is 0 Å². The summed E-state index contributed by atoms with van der Waals surface area (Å²) in [7, 11) is 3.87. The van der Waals surface area contributed by atoms with Crippen LogP contribution in [0.1, 0.15) is 33.6 Å². The van der Waals surface area contributed by atoms with Crippen molar-refractivity contribution < 1.29 is 14.4 Å². The second-order valence-corrected chi connectivity index (χ2v) is 6.62. The molecule has 23 heavy (non-hydrogen) atoms. The predicted molar refractivity (Wildman–Crippen MR) is 90.3 cm³/mol. The fourth-order valence-electron chi connectivity index (χ4n) is 2.37. The molecule has 1 aromatic rings. The highest BCUT2D eigenvalue weighted by molar-refractivity contribution is 9.10. The van der Waals surface area contributed by atoms with Gasteiger partial charge in [0.05, 0.1) is 11.1 Å². The van der Waals surface area contributed by atoms with Gasteiger partial charge >= 0.3 is 0 Å². The van der Waals surface area contributed by atoms with E-state index in [4.69, 9.17) is 0 Å². The van der Waals surface area contributed by atoms with E-state index >= 15 is 0 Å². The Morgan fingerprint density at radius 2 is 1.91 bits per heavy atom.